The number of carbonyl (C=O) groups is 2. The molecule has 1 aliphatic rings. The van der Waals surface area contributed by atoms with Crippen molar-refractivity contribution in [2.75, 3.05) is 40.3 Å². The largest absolute Gasteiger partial charge is 0.355 e. The van der Waals surface area contributed by atoms with Crippen molar-refractivity contribution in [2.24, 2.45) is 11.3 Å². The standard InChI is InChI=1S/C27H37N3O4S/c1-27(2,20-29(3)4)19-28-25(31)22-13-15-30(16-14-22)26(32)23-10-8-9-21(17-23)18-35(33,34)24-11-6-5-7-12-24/h5-12,17,22H,13-16,18-20H2,1-4H3,(H,28,31). The van der Waals surface area contributed by atoms with Gasteiger partial charge in [-0.25, -0.2) is 8.42 Å². The highest BCUT2D eigenvalue weighted by Gasteiger charge is 2.29. The number of amides is 2. The van der Waals surface area contributed by atoms with E-state index >= 15 is 0 Å². The molecule has 0 saturated carbocycles. The Hall–Kier alpha value is -2.71. The van der Waals surface area contributed by atoms with Crippen molar-refractivity contribution in [1.82, 2.24) is 15.1 Å². The second-order valence-corrected chi connectivity index (χ2v) is 12.4. The minimum Gasteiger partial charge on any atom is -0.355 e. The summed E-state index contributed by atoms with van der Waals surface area (Å²) in [5.74, 6) is -0.339. The van der Waals surface area contributed by atoms with Crippen LogP contribution in [-0.2, 0) is 20.4 Å². The third-order valence-corrected chi connectivity index (χ3v) is 7.98. The summed E-state index contributed by atoms with van der Waals surface area (Å²) in [7, 11) is 0.552. The van der Waals surface area contributed by atoms with E-state index in [2.05, 4.69) is 24.1 Å². The van der Waals surface area contributed by atoms with Crippen LogP contribution >= 0.6 is 0 Å². The molecule has 1 saturated heterocycles. The first-order chi connectivity index (χ1) is 16.5. The molecule has 1 N–H and O–H groups in total. The summed E-state index contributed by atoms with van der Waals surface area (Å²) in [6.45, 7) is 6.77. The Bertz CT molecular complexity index is 1120. The van der Waals surface area contributed by atoms with Crippen molar-refractivity contribution in [2.45, 2.75) is 37.3 Å². The predicted octanol–water partition coefficient (Wildman–Crippen LogP) is 3.22. The van der Waals surface area contributed by atoms with Gasteiger partial charge in [-0.05, 0) is 62.2 Å². The van der Waals surface area contributed by atoms with Crippen molar-refractivity contribution in [3.63, 3.8) is 0 Å². The molecule has 0 radical (unpaired) electrons. The van der Waals surface area contributed by atoms with Crippen LogP contribution in [0.1, 0.15) is 42.6 Å². The van der Waals surface area contributed by atoms with Crippen molar-refractivity contribution in [3.8, 4) is 0 Å². The maximum absolute atomic E-state index is 13.1. The summed E-state index contributed by atoms with van der Waals surface area (Å²) in [5.41, 5.74) is 1.03. The van der Waals surface area contributed by atoms with E-state index in [0.29, 0.717) is 43.6 Å². The molecule has 190 valence electrons. The molecule has 1 fully saturated rings. The molecule has 8 heteroatoms. The number of hydrogen-bond donors (Lipinski definition) is 1. The zero-order valence-corrected chi connectivity index (χ0v) is 22.0. The van der Waals surface area contributed by atoms with Crippen molar-refractivity contribution < 1.29 is 18.0 Å². The zero-order valence-electron chi connectivity index (χ0n) is 21.2. The normalized spacial score (nSPS) is 15.3. The lowest BCUT2D eigenvalue weighted by molar-refractivity contribution is -0.126. The van der Waals surface area contributed by atoms with Gasteiger partial charge in [-0.15, -0.1) is 0 Å². The van der Waals surface area contributed by atoms with E-state index in [9.17, 15) is 18.0 Å². The molecule has 0 atom stereocenters. The van der Waals surface area contributed by atoms with Crippen LogP contribution < -0.4 is 5.32 Å². The number of rotatable bonds is 9. The lowest BCUT2D eigenvalue weighted by atomic mass is 9.91. The summed E-state index contributed by atoms with van der Waals surface area (Å²) >= 11 is 0. The first kappa shape index (κ1) is 26.9. The molecule has 1 heterocycles. The summed E-state index contributed by atoms with van der Waals surface area (Å²) in [6.07, 6.45) is 1.24. The second kappa shape index (κ2) is 11.4. The average molecular weight is 500 g/mol. The Morgan fingerprint density at radius 2 is 1.69 bits per heavy atom. The van der Waals surface area contributed by atoms with Gasteiger partial charge in [0, 0.05) is 37.7 Å². The van der Waals surface area contributed by atoms with Crippen LogP contribution in [0.5, 0.6) is 0 Å². The van der Waals surface area contributed by atoms with Gasteiger partial charge in [-0.2, -0.15) is 0 Å². The fourth-order valence-corrected chi connectivity index (χ4v) is 5.99. The topological polar surface area (TPSA) is 86.8 Å². The van der Waals surface area contributed by atoms with Gasteiger partial charge in [0.2, 0.25) is 5.91 Å². The number of benzene rings is 2. The van der Waals surface area contributed by atoms with Crippen LogP contribution in [0, 0.1) is 11.3 Å². The lowest BCUT2D eigenvalue weighted by Crippen LogP contribution is -2.46. The smallest absolute Gasteiger partial charge is 0.253 e. The molecule has 0 unspecified atom stereocenters. The molecular formula is C27H37N3O4S. The zero-order chi connectivity index (χ0) is 25.6. The molecule has 3 rings (SSSR count). The number of piperidine rings is 1. The Morgan fingerprint density at radius 1 is 1.03 bits per heavy atom. The molecule has 0 aromatic heterocycles. The molecule has 0 spiro atoms. The minimum atomic E-state index is -3.49. The van der Waals surface area contributed by atoms with Crippen molar-refractivity contribution >= 4 is 21.7 Å². The first-order valence-electron chi connectivity index (χ1n) is 12.1. The molecule has 7 nitrogen and oxygen atoms in total. The summed E-state index contributed by atoms with van der Waals surface area (Å²) < 4.78 is 25.4. The summed E-state index contributed by atoms with van der Waals surface area (Å²) in [4.78, 5) is 29.9. The molecule has 35 heavy (non-hydrogen) atoms. The molecule has 1 aliphatic heterocycles. The number of sulfone groups is 1. The highest BCUT2D eigenvalue weighted by molar-refractivity contribution is 7.90. The summed E-state index contributed by atoms with van der Waals surface area (Å²) in [5, 5.41) is 3.09. The monoisotopic (exact) mass is 499 g/mol. The van der Waals surface area contributed by atoms with E-state index < -0.39 is 9.84 Å². The van der Waals surface area contributed by atoms with Crippen LogP contribution in [0.4, 0.5) is 0 Å². The van der Waals surface area contributed by atoms with Crippen LogP contribution in [0.15, 0.2) is 59.5 Å². The maximum Gasteiger partial charge on any atom is 0.253 e. The predicted molar refractivity (Wildman–Crippen MR) is 138 cm³/mol. The SMILES string of the molecule is CN(C)CC(C)(C)CNC(=O)C1CCN(C(=O)c2cccc(CS(=O)(=O)c3ccccc3)c2)CC1. The third kappa shape index (κ3) is 7.64. The van der Waals surface area contributed by atoms with Gasteiger partial charge in [0.05, 0.1) is 10.6 Å². The van der Waals surface area contributed by atoms with E-state index in [4.69, 9.17) is 0 Å². The number of nitrogens with one attached hydrogen (secondary N) is 1. The molecular weight excluding hydrogens is 462 g/mol. The highest BCUT2D eigenvalue weighted by Crippen LogP contribution is 2.22. The fraction of sp³-hybridized carbons (Fsp3) is 0.481. The van der Waals surface area contributed by atoms with Gasteiger partial charge < -0.3 is 15.1 Å². The van der Waals surface area contributed by atoms with Gasteiger partial charge in [0.25, 0.3) is 5.91 Å². The lowest BCUT2D eigenvalue weighted by Gasteiger charge is -2.33. The number of hydrogen-bond acceptors (Lipinski definition) is 5. The Kier molecular flexibility index (Phi) is 8.72. The van der Waals surface area contributed by atoms with Gasteiger partial charge in [0.1, 0.15) is 0 Å². The highest BCUT2D eigenvalue weighted by atomic mass is 32.2. The molecule has 2 aromatic carbocycles. The number of nitrogens with zero attached hydrogens (tertiary/aromatic N) is 2. The fourth-order valence-electron chi connectivity index (χ4n) is 4.63. The first-order valence-corrected chi connectivity index (χ1v) is 13.7. The van der Waals surface area contributed by atoms with Gasteiger partial charge in [-0.3, -0.25) is 9.59 Å². The van der Waals surface area contributed by atoms with E-state index in [1.807, 2.05) is 14.1 Å². The summed E-state index contributed by atoms with van der Waals surface area (Å²) in [6, 6.07) is 15.1. The van der Waals surface area contributed by atoms with E-state index in [1.165, 1.54) is 0 Å². The molecule has 2 amide bonds. The van der Waals surface area contributed by atoms with Gasteiger partial charge in [-0.1, -0.05) is 44.2 Å². The second-order valence-electron chi connectivity index (χ2n) is 10.5. The quantitative estimate of drug-likeness (QED) is 0.573. The van der Waals surface area contributed by atoms with Gasteiger partial charge in [0.15, 0.2) is 9.84 Å². The van der Waals surface area contributed by atoms with Gasteiger partial charge >= 0.3 is 0 Å². The molecule has 2 aromatic rings. The molecule has 0 aliphatic carbocycles. The average Bonchev–Trinajstić information content (AvgIpc) is 2.82. The van der Waals surface area contributed by atoms with Crippen LogP contribution in [0.25, 0.3) is 0 Å². The van der Waals surface area contributed by atoms with E-state index in [0.717, 1.165) is 6.54 Å². The van der Waals surface area contributed by atoms with Crippen LogP contribution in [0.2, 0.25) is 0 Å². The number of likely N-dealkylation sites (tertiary alicyclic amines) is 1. The van der Waals surface area contributed by atoms with Crippen LogP contribution in [0.3, 0.4) is 0 Å². The Morgan fingerprint density at radius 3 is 2.31 bits per heavy atom. The minimum absolute atomic E-state index is 0.0190. The van der Waals surface area contributed by atoms with Crippen LogP contribution in [-0.4, -0.2) is 70.3 Å². The Labute approximate surface area is 209 Å². The number of carbonyl (C=O) groups excluding carboxylic acids is 2. The van der Waals surface area contributed by atoms with Crippen molar-refractivity contribution in [1.29, 1.82) is 0 Å². The molecule has 0 bridgehead atoms. The van der Waals surface area contributed by atoms with E-state index in [1.54, 1.807) is 59.5 Å². The maximum atomic E-state index is 13.1. The third-order valence-electron chi connectivity index (χ3n) is 6.27. The Balaban J connectivity index is 1.56. The van der Waals surface area contributed by atoms with Crippen molar-refractivity contribution in [3.05, 3.63) is 65.7 Å². The van der Waals surface area contributed by atoms with E-state index in [-0.39, 0.29) is 33.8 Å².